The number of rotatable bonds is 6. The summed E-state index contributed by atoms with van der Waals surface area (Å²) >= 11 is 1.60. The van der Waals surface area contributed by atoms with Gasteiger partial charge in [-0.2, -0.15) is 20.2 Å². The number of carbonyl (C=O) groups is 2. The van der Waals surface area contributed by atoms with Crippen LogP contribution in [0.2, 0.25) is 0 Å². The smallest absolute Gasteiger partial charge is 0.264 e. The van der Waals surface area contributed by atoms with E-state index >= 15 is 0 Å². The van der Waals surface area contributed by atoms with Gasteiger partial charge >= 0.3 is 0 Å². The minimum atomic E-state index is -3.98. The number of hydrogen-bond donors (Lipinski definition) is 1. The van der Waals surface area contributed by atoms with Crippen molar-refractivity contribution in [3.8, 4) is 0 Å². The van der Waals surface area contributed by atoms with Crippen molar-refractivity contribution in [1.82, 2.24) is 0 Å². The molecule has 2 aliphatic rings. The zero-order valence-corrected chi connectivity index (χ0v) is 14.1. The molecule has 1 aliphatic heterocycles. The van der Waals surface area contributed by atoms with Gasteiger partial charge in [-0.25, -0.2) is 0 Å². The van der Waals surface area contributed by atoms with Crippen LogP contribution < -0.4 is 0 Å². The fraction of sp³-hybridized carbons (Fsp3) is 0.714. The highest BCUT2D eigenvalue weighted by atomic mass is 32.2. The Bertz CT molecular complexity index is 577. The molecule has 22 heavy (non-hydrogen) atoms. The van der Waals surface area contributed by atoms with E-state index in [0.717, 1.165) is 0 Å². The van der Waals surface area contributed by atoms with Crippen molar-refractivity contribution in [1.29, 1.82) is 0 Å². The summed E-state index contributed by atoms with van der Waals surface area (Å²) in [6, 6.07) is 0. The number of Topliss-reactive ketones (excluding diaryl/α,β-unsaturated/α-hetero) is 2. The monoisotopic (exact) mass is 348 g/mol. The SMILES string of the molecule is CC1(COCCCS(=O)(=O)O)CC(=O)C2=C(CSC2)C(=O)C1. The first kappa shape index (κ1) is 17.7. The molecule has 8 heteroatoms. The van der Waals surface area contributed by atoms with E-state index in [4.69, 9.17) is 9.29 Å². The van der Waals surface area contributed by atoms with Crippen LogP contribution in [-0.2, 0) is 24.4 Å². The highest BCUT2D eigenvalue weighted by Crippen LogP contribution is 2.38. The summed E-state index contributed by atoms with van der Waals surface area (Å²) in [7, 11) is -3.98. The van der Waals surface area contributed by atoms with E-state index in [1.54, 1.807) is 11.8 Å². The molecule has 0 unspecified atom stereocenters. The van der Waals surface area contributed by atoms with E-state index in [2.05, 4.69) is 0 Å². The second-order valence-corrected chi connectivity index (χ2v) is 8.71. The fourth-order valence-electron chi connectivity index (χ4n) is 2.74. The maximum atomic E-state index is 12.3. The first-order valence-corrected chi connectivity index (χ1v) is 9.86. The second kappa shape index (κ2) is 6.82. The predicted octanol–water partition coefficient (Wildman–Crippen LogP) is 1.26. The highest BCUT2D eigenvalue weighted by molar-refractivity contribution is 8.00. The van der Waals surface area contributed by atoms with Gasteiger partial charge in [0.15, 0.2) is 11.6 Å². The summed E-state index contributed by atoms with van der Waals surface area (Å²) < 4.78 is 35.3. The molecule has 1 N–H and O–H groups in total. The molecular weight excluding hydrogens is 328 g/mol. The molecule has 0 atom stereocenters. The number of carbonyl (C=O) groups excluding carboxylic acids is 2. The summed E-state index contributed by atoms with van der Waals surface area (Å²) in [5, 5.41) is 0. The van der Waals surface area contributed by atoms with Crippen molar-refractivity contribution in [3.05, 3.63) is 11.1 Å². The van der Waals surface area contributed by atoms with Gasteiger partial charge < -0.3 is 4.74 Å². The topological polar surface area (TPSA) is 97.7 Å². The molecule has 0 saturated heterocycles. The first-order valence-electron chi connectivity index (χ1n) is 7.09. The second-order valence-electron chi connectivity index (χ2n) is 6.15. The molecule has 6 nitrogen and oxygen atoms in total. The molecule has 0 aromatic heterocycles. The van der Waals surface area contributed by atoms with Gasteiger partial charge in [0.05, 0.1) is 12.4 Å². The lowest BCUT2D eigenvalue weighted by Crippen LogP contribution is -2.29. The predicted molar refractivity (Wildman–Crippen MR) is 83.6 cm³/mol. The molecule has 1 heterocycles. The average molecular weight is 348 g/mol. The standard InChI is InChI=1S/C14H20O6S2/c1-14(9-20-3-2-4-22(17,18)19)5-12(15)10-7-21-8-11(10)13(16)6-14/h2-9H2,1H3,(H,17,18,19). The Labute approximate surface area is 134 Å². The lowest BCUT2D eigenvalue weighted by atomic mass is 9.82. The first-order chi connectivity index (χ1) is 10.2. The maximum absolute atomic E-state index is 12.3. The molecule has 2 rings (SSSR count). The molecule has 0 radical (unpaired) electrons. The van der Waals surface area contributed by atoms with E-state index in [1.165, 1.54) is 0 Å². The third kappa shape index (κ3) is 4.65. The van der Waals surface area contributed by atoms with Crippen molar-refractivity contribution in [2.24, 2.45) is 5.41 Å². The van der Waals surface area contributed by atoms with Crippen LogP contribution in [0.3, 0.4) is 0 Å². The summed E-state index contributed by atoms with van der Waals surface area (Å²) in [5.74, 6) is 0.926. The van der Waals surface area contributed by atoms with E-state index in [0.29, 0.717) is 22.7 Å². The van der Waals surface area contributed by atoms with E-state index in [-0.39, 0.29) is 49.8 Å². The normalized spacial score (nSPS) is 21.9. The Morgan fingerprint density at radius 3 is 2.23 bits per heavy atom. The van der Waals surface area contributed by atoms with Crippen molar-refractivity contribution in [2.75, 3.05) is 30.5 Å². The third-order valence-electron chi connectivity index (χ3n) is 3.85. The Morgan fingerprint density at radius 2 is 1.73 bits per heavy atom. The molecular formula is C14H20O6S2. The highest BCUT2D eigenvalue weighted by Gasteiger charge is 2.39. The van der Waals surface area contributed by atoms with Gasteiger partial charge in [-0.1, -0.05) is 6.92 Å². The molecule has 0 aromatic rings. The Balaban J connectivity index is 1.89. The van der Waals surface area contributed by atoms with Gasteiger partial charge in [0.2, 0.25) is 0 Å². The number of ether oxygens (including phenoxy) is 1. The maximum Gasteiger partial charge on any atom is 0.264 e. The largest absolute Gasteiger partial charge is 0.381 e. The third-order valence-corrected chi connectivity index (χ3v) is 5.64. The van der Waals surface area contributed by atoms with E-state index in [9.17, 15) is 18.0 Å². The van der Waals surface area contributed by atoms with Crippen molar-refractivity contribution in [2.45, 2.75) is 26.2 Å². The van der Waals surface area contributed by atoms with Gasteiger partial charge in [0.25, 0.3) is 10.1 Å². The van der Waals surface area contributed by atoms with Crippen LogP contribution in [0.4, 0.5) is 0 Å². The van der Waals surface area contributed by atoms with Crippen LogP contribution in [0.15, 0.2) is 11.1 Å². The molecule has 0 fully saturated rings. The Kier molecular flexibility index (Phi) is 5.47. The number of ketones is 2. The van der Waals surface area contributed by atoms with Crippen molar-refractivity contribution < 1.29 is 27.3 Å². The molecule has 1 aliphatic carbocycles. The van der Waals surface area contributed by atoms with Crippen LogP contribution in [0.1, 0.15) is 26.2 Å². The molecule has 0 bridgehead atoms. The van der Waals surface area contributed by atoms with Crippen molar-refractivity contribution in [3.63, 3.8) is 0 Å². The average Bonchev–Trinajstić information content (AvgIpc) is 2.82. The number of hydrogen-bond acceptors (Lipinski definition) is 6. The summed E-state index contributed by atoms with van der Waals surface area (Å²) in [4.78, 5) is 24.6. The van der Waals surface area contributed by atoms with E-state index in [1.807, 2.05) is 6.92 Å². The van der Waals surface area contributed by atoms with Crippen LogP contribution in [0.25, 0.3) is 0 Å². The van der Waals surface area contributed by atoms with Gasteiger partial charge in [-0.3, -0.25) is 14.1 Å². The van der Waals surface area contributed by atoms with Crippen LogP contribution in [0, 0.1) is 5.41 Å². The molecule has 0 spiro atoms. The Morgan fingerprint density at radius 1 is 1.18 bits per heavy atom. The molecule has 0 amide bonds. The lowest BCUT2D eigenvalue weighted by molar-refractivity contribution is -0.120. The minimum Gasteiger partial charge on any atom is -0.381 e. The van der Waals surface area contributed by atoms with Gasteiger partial charge in [0.1, 0.15) is 0 Å². The Hall–Kier alpha value is -0.700. The molecule has 124 valence electrons. The quantitative estimate of drug-likeness (QED) is 0.570. The van der Waals surface area contributed by atoms with Gasteiger partial charge in [-0.15, -0.1) is 0 Å². The summed E-state index contributed by atoms with van der Waals surface area (Å²) in [6.45, 7) is 2.24. The van der Waals surface area contributed by atoms with Gasteiger partial charge in [-0.05, 0) is 6.42 Å². The molecule has 0 aromatic carbocycles. The zero-order valence-electron chi connectivity index (χ0n) is 12.5. The van der Waals surface area contributed by atoms with Crippen LogP contribution in [-0.4, -0.2) is 55.0 Å². The summed E-state index contributed by atoms with van der Waals surface area (Å²) in [6.07, 6.45) is 0.731. The van der Waals surface area contributed by atoms with Crippen molar-refractivity contribution >= 4 is 33.4 Å². The fourth-order valence-corrected chi connectivity index (χ4v) is 4.41. The lowest BCUT2D eigenvalue weighted by Gasteiger charge is -2.26. The zero-order chi connectivity index (χ0) is 16.4. The van der Waals surface area contributed by atoms with Crippen LogP contribution in [0.5, 0.6) is 0 Å². The summed E-state index contributed by atoms with van der Waals surface area (Å²) in [5.41, 5.74) is 0.788. The van der Waals surface area contributed by atoms with Gasteiger partial charge in [0, 0.05) is 47.5 Å². The van der Waals surface area contributed by atoms with E-state index < -0.39 is 15.5 Å². The van der Waals surface area contributed by atoms with Crippen LogP contribution >= 0.6 is 11.8 Å². The minimum absolute atomic E-state index is 0.0230. The number of thioether (sulfide) groups is 1. The molecule has 0 saturated carbocycles.